The van der Waals surface area contributed by atoms with Gasteiger partial charge in [-0.05, 0) is 43.5 Å². The molecule has 1 rings (SSSR count). The maximum absolute atomic E-state index is 11.8. The van der Waals surface area contributed by atoms with E-state index in [1.807, 2.05) is 19.9 Å². The minimum atomic E-state index is 0.0599. The Bertz CT molecular complexity index is 427. The summed E-state index contributed by atoms with van der Waals surface area (Å²) >= 11 is 0. The Labute approximate surface area is 116 Å². The molecular weight excluding hydrogens is 238 g/mol. The molecule has 0 unspecified atom stereocenters. The maximum atomic E-state index is 11.8. The van der Waals surface area contributed by atoms with Crippen molar-refractivity contribution in [2.24, 2.45) is 0 Å². The molecule has 0 aliphatic heterocycles. The van der Waals surface area contributed by atoms with Gasteiger partial charge in [0.15, 0.2) is 0 Å². The highest BCUT2D eigenvalue weighted by molar-refractivity contribution is 5.91. The van der Waals surface area contributed by atoms with Gasteiger partial charge in [-0.2, -0.15) is 0 Å². The zero-order valence-corrected chi connectivity index (χ0v) is 12.3. The van der Waals surface area contributed by atoms with Crippen molar-refractivity contribution in [3.05, 3.63) is 23.3 Å². The first-order valence-corrected chi connectivity index (χ1v) is 7.14. The number of hydrogen-bond acceptors (Lipinski definition) is 2. The summed E-state index contributed by atoms with van der Waals surface area (Å²) in [6.45, 7) is 5.90. The maximum Gasteiger partial charge on any atom is 0.224 e. The number of aryl methyl sites for hydroxylation is 2. The molecule has 0 aromatic heterocycles. The van der Waals surface area contributed by atoms with E-state index in [0.29, 0.717) is 6.42 Å². The molecule has 0 heterocycles. The minimum absolute atomic E-state index is 0.0599. The van der Waals surface area contributed by atoms with Gasteiger partial charge in [0.05, 0.1) is 0 Å². The molecule has 1 aromatic rings. The third-order valence-electron chi connectivity index (χ3n) is 3.32. The van der Waals surface area contributed by atoms with Crippen molar-refractivity contribution in [1.82, 2.24) is 0 Å². The number of unbranched alkanes of at least 4 members (excludes halogenated alkanes) is 4. The number of aromatic hydroxyl groups is 1. The molecule has 0 radical (unpaired) electrons. The van der Waals surface area contributed by atoms with E-state index in [0.717, 1.165) is 29.7 Å². The number of nitrogens with one attached hydrogen (secondary N) is 1. The third-order valence-corrected chi connectivity index (χ3v) is 3.32. The van der Waals surface area contributed by atoms with Crippen LogP contribution in [0.2, 0.25) is 0 Å². The van der Waals surface area contributed by atoms with Crippen LogP contribution in [0.5, 0.6) is 5.75 Å². The Morgan fingerprint density at radius 1 is 1.11 bits per heavy atom. The number of carbonyl (C=O) groups is 1. The highest BCUT2D eigenvalue weighted by Gasteiger charge is 2.07. The molecule has 0 atom stereocenters. The standard InChI is InChI=1S/C16H25NO2/c1-4-5-6-7-8-9-16(19)17-14-10-13(3)15(18)11-12(14)2/h10-11,18H,4-9H2,1-3H3,(H,17,19). The molecule has 0 bridgehead atoms. The Morgan fingerprint density at radius 2 is 1.79 bits per heavy atom. The molecule has 1 amide bonds. The van der Waals surface area contributed by atoms with Crippen LogP contribution in [0.1, 0.15) is 56.6 Å². The second kappa shape index (κ2) is 7.82. The van der Waals surface area contributed by atoms with Gasteiger partial charge in [0.25, 0.3) is 0 Å². The lowest BCUT2D eigenvalue weighted by Crippen LogP contribution is -2.12. The number of benzene rings is 1. The SMILES string of the molecule is CCCCCCCC(=O)Nc1cc(C)c(O)cc1C. The molecule has 0 aliphatic rings. The molecule has 0 spiro atoms. The Balaban J connectivity index is 2.42. The molecule has 106 valence electrons. The van der Waals surface area contributed by atoms with Crippen LogP contribution in [0.15, 0.2) is 12.1 Å². The molecule has 0 saturated carbocycles. The predicted octanol–water partition coefficient (Wildman–Crippen LogP) is 4.31. The van der Waals surface area contributed by atoms with Crippen LogP contribution in [0, 0.1) is 13.8 Å². The predicted molar refractivity (Wildman–Crippen MR) is 79.6 cm³/mol. The van der Waals surface area contributed by atoms with Crippen molar-refractivity contribution in [3.8, 4) is 5.75 Å². The molecular formula is C16H25NO2. The molecule has 19 heavy (non-hydrogen) atoms. The number of hydrogen-bond donors (Lipinski definition) is 2. The summed E-state index contributed by atoms with van der Waals surface area (Å²) in [4.78, 5) is 11.8. The quantitative estimate of drug-likeness (QED) is 0.569. The van der Waals surface area contributed by atoms with Crippen molar-refractivity contribution >= 4 is 11.6 Å². The number of amides is 1. The second-order valence-corrected chi connectivity index (χ2v) is 5.17. The topological polar surface area (TPSA) is 49.3 Å². The first-order chi connectivity index (χ1) is 9.04. The first kappa shape index (κ1) is 15.5. The van der Waals surface area contributed by atoms with Crippen LogP contribution in [0.4, 0.5) is 5.69 Å². The summed E-state index contributed by atoms with van der Waals surface area (Å²) in [7, 11) is 0. The molecule has 0 fully saturated rings. The van der Waals surface area contributed by atoms with Crippen LogP contribution >= 0.6 is 0 Å². The van der Waals surface area contributed by atoms with Crippen LogP contribution in [-0.4, -0.2) is 11.0 Å². The van der Waals surface area contributed by atoms with Crippen LogP contribution in [0.3, 0.4) is 0 Å². The van der Waals surface area contributed by atoms with Crippen LogP contribution in [-0.2, 0) is 4.79 Å². The summed E-state index contributed by atoms with van der Waals surface area (Å²) in [6, 6.07) is 3.51. The lowest BCUT2D eigenvalue weighted by molar-refractivity contribution is -0.116. The van der Waals surface area contributed by atoms with E-state index >= 15 is 0 Å². The van der Waals surface area contributed by atoms with E-state index in [1.54, 1.807) is 6.07 Å². The highest BCUT2D eigenvalue weighted by atomic mass is 16.3. The zero-order valence-electron chi connectivity index (χ0n) is 12.3. The summed E-state index contributed by atoms with van der Waals surface area (Å²) in [5, 5.41) is 12.5. The van der Waals surface area contributed by atoms with Gasteiger partial charge < -0.3 is 10.4 Å². The average molecular weight is 263 g/mol. The second-order valence-electron chi connectivity index (χ2n) is 5.17. The normalized spacial score (nSPS) is 10.5. The summed E-state index contributed by atoms with van der Waals surface area (Å²) in [5.41, 5.74) is 2.47. The van der Waals surface area contributed by atoms with Gasteiger partial charge in [0, 0.05) is 12.1 Å². The fraction of sp³-hybridized carbons (Fsp3) is 0.562. The fourth-order valence-corrected chi connectivity index (χ4v) is 2.04. The summed E-state index contributed by atoms with van der Waals surface area (Å²) < 4.78 is 0. The smallest absolute Gasteiger partial charge is 0.224 e. The van der Waals surface area contributed by atoms with E-state index in [4.69, 9.17) is 0 Å². The fourth-order valence-electron chi connectivity index (χ4n) is 2.04. The van der Waals surface area contributed by atoms with Gasteiger partial charge in [-0.15, -0.1) is 0 Å². The summed E-state index contributed by atoms with van der Waals surface area (Å²) in [6.07, 6.45) is 6.32. The number of carbonyl (C=O) groups excluding carboxylic acids is 1. The molecule has 2 N–H and O–H groups in total. The van der Waals surface area contributed by atoms with Gasteiger partial charge >= 0.3 is 0 Å². The molecule has 3 heteroatoms. The molecule has 1 aromatic carbocycles. The van der Waals surface area contributed by atoms with Gasteiger partial charge in [-0.1, -0.05) is 32.6 Å². The van der Waals surface area contributed by atoms with Gasteiger partial charge in [-0.3, -0.25) is 4.79 Å². The lowest BCUT2D eigenvalue weighted by Gasteiger charge is -2.10. The van der Waals surface area contributed by atoms with Gasteiger partial charge in [-0.25, -0.2) is 0 Å². The zero-order chi connectivity index (χ0) is 14.3. The van der Waals surface area contributed by atoms with Crippen molar-refractivity contribution in [3.63, 3.8) is 0 Å². The van der Waals surface area contributed by atoms with E-state index in [-0.39, 0.29) is 11.7 Å². The first-order valence-electron chi connectivity index (χ1n) is 7.14. The molecule has 0 saturated heterocycles. The average Bonchev–Trinajstić information content (AvgIpc) is 2.35. The third kappa shape index (κ3) is 5.33. The van der Waals surface area contributed by atoms with Crippen LogP contribution < -0.4 is 5.32 Å². The van der Waals surface area contributed by atoms with Crippen molar-refractivity contribution in [1.29, 1.82) is 0 Å². The Kier molecular flexibility index (Phi) is 6.40. The monoisotopic (exact) mass is 263 g/mol. The number of phenols is 1. The lowest BCUT2D eigenvalue weighted by atomic mass is 10.1. The Morgan fingerprint density at radius 3 is 2.47 bits per heavy atom. The summed E-state index contributed by atoms with van der Waals surface area (Å²) in [5.74, 6) is 0.333. The number of rotatable bonds is 7. The van der Waals surface area contributed by atoms with Gasteiger partial charge in [0.2, 0.25) is 5.91 Å². The van der Waals surface area contributed by atoms with Crippen molar-refractivity contribution in [2.75, 3.05) is 5.32 Å². The van der Waals surface area contributed by atoms with Crippen LogP contribution in [0.25, 0.3) is 0 Å². The highest BCUT2D eigenvalue weighted by Crippen LogP contribution is 2.25. The number of phenolic OH excluding ortho intramolecular Hbond substituents is 1. The van der Waals surface area contributed by atoms with E-state index in [1.165, 1.54) is 19.3 Å². The number of anilines is 1. The van der Waals surface area contributed by atoms with Gasteiger partial charge in [0.1, 0.15) is 5.75 Å². The molecule has 3 nitrogen and oxygen atoms in total. The van der Waals surface area contributed by atoms with E-state index in [2.05, 4.69) is 12.2 Å². The van der Waals surface area contributed by atoms with E-state index in [9.17, 15) is 9.90 Å². The Hall–Kier alpha value is -1.51. The largest absolute Gasteiger partial charge is 0.508 e. The minimum Gasteiger partial charge on any atom is -0.508 e. The van der Waals surface area contributed by atoms with Crippen molar-refractivity contribution < 1.29 is 9.90 Å². The molecule has 0 aliphatic carbocycles. The van der Waals surface area contributed by atoms with E-state index < -0.39 is 0 Å². The van der Waals surface area contributed by atoms with Crippen molar-refractivity contribution in [2.45, 2.75) is 59.3 Å².